The predicted octanol–water partition coefficient (Wildman–Crippen LogP) is 2.97. The molecule has 1 aromatic heterocycles. The van der Waals surface area contributed by atoms with Crippen molar-refractivity contribution in [2.24, 2.45) is 5.92 Å². The van der Waals surface area contributed by atoms with Gasteiger partial charge in [-0.25, -0.2) is 4.98 Å². The molecule has 29 heavy (non-hydrogen) atoms. The van der Waals surface area contributed by atoms with Crippen molar-refractivity contribution in [3.63, 3.8) is 0 Å². The standard InChI is InChI=1S/C21H30ClN5O2/c1-15-24-6-11-27(15)8-3-7-26-9-4-16(5-10-26)14-25-21(28)17-12-18(22)19(23)13-20(17)29-2/h6,11-13,16H,3-5,7-10,14,23H2,1-2H3,(H,25,28). The van der Waals surface area contributed by atoms with Crippen LogP contribution < -0.4 is 15.8 Å². The highest BCUT2D eigenvalue weighted by molar-refractivity contribution is 6.33. The lowest BCUT2D eigenvalue weighted by Gasteiger charge is -2.32. The number of nitrogen functional groups attached to an aromatic ring is 1. The number of amides is 1. The lowest BCUT2D eigenvalue weighted by Crippen LogP contribution is -2.39. The number of piperidine rings is 1. The number of methoxy groups -OCH3 is 1. The average Bonchev–Trinajstić information content (AvgIpc) is 3.13. The van der Waals surface area contributed by atoms with Crippen LogP contribution >= 0.6 is 11.6 Å². The van der Waals surface area contributed by atoms with Gasteiger partial charge >= 0.3 is 0 Å². The number of nitrogens with zero attached hydrogens (tertiary/aromatic N) is 3. The molecule has 0 aliphatic carbocycles. The lowest BCUT2D eigenvalue weighted by molar-refractivity contribution is 0.0933. The maximum atomic E-state index is 12.6. The van der Waals surface area contributed by atoms with Gasteiger partial charge in [0.2, 0.25) is 0 Å². The van der Waals surface area contributed by atoms with E-state index in [1.165, 1.54) is 7.11 Å². The molecular weight excluding hydrogens is 390 g/mol. The second-order valence-corrected chi connectivity index (χ2v) is 8.00. The number of nitrogens with one attached hydrogen (secondary N) is 1. The first kappa shape index (κ1) is 21.5. The molecule has 0 spiro atoms. The van der Waals surface area contributed by atoms with Crippen LogP contribution in [0, 0.1) is 12.8 Å². The van der Waals surface area contributed by atoms with Crippen molar-refractivity contribution in [3.8, 4) is 5.75 Å². The highest BCUT2D eigenvalue weighted by Gasteiger charge is 2.21. The van der Waals surface area contributed by atoms with Crippen molar-refractivity contribution >= 4 is 23.2 Å². The van der Waals surface area contributed by atoms with Crippen molar-refractivity contribution in [2.45, 2.75) is 32.7 Å². The molecule has 0 radical (unpaired) electrons. The number of carbonyl (C=O) groups excluding carboxylic acids is 1. The summed E-state index contributed by atoms with van der Waals surface area (Å²) >= 11 is 6.06. The van der Waals surface area contributed by atoms with Crippen molar-refractivity contribution in [2.75, 3.05) is 39.0 Å². The van der Waals surface area contributed by atoms with Gasteiger partial charge in [-0.05, 0) is 57.8 Å². The van der Waals surface area contributed by atoms with Crippen LogP contribution in [-0.2, 0) is 6.54 Å². The number of anilines is 1. The Balaban J connectivity index is 1.40. The molecule has 3 rings (SSSR count). The predicted molar refractivity (Wildman–Crippen MR) is 115 cm³/mol. The number of nitrogens with two attached hydrogens (primary N) is 1. The molecule has 1 aliphatic rings. The monoisotopic (exact) mass is 419 g/mol. The molecule has 0 saturated carbocycles. The van der Waals surface area contributed by atoms with Gasteiger partial charge in [0.05, 0.1) is 23.4 Å². The Morgan fingerprint density at radius 2 is 2.10 bits per heavy atom. The zero-order valence-corrected chi connectivity index (χ0v) is 17.9. The summed E-state index contributed by atoms with van der Waals surface area (Å²) in [7, 11) is 1.52. The molecule has 1 aromatic carbocycles. The topological polar surface area (TPSA) is 85.4 Å². The second-order valence-electron chi connectivity index (χ2n) is 7.59. The number of halogens is 1. The molecule has 158 valence electrons. The largest absolute Gasteiger partial charge is 0.496 e. The fourth-order valence-electron chi connectivity index (χ4n) is 3.77. The molecule has 1 amide bonds. The minimum absolute atomic E-state index is 0.179. The van der Waals surface area contributed by atoms with Gasteiger partial charge in [-0.1, -0.05) is 11.6 Å². The summed E-state index contributed by atoms with van der Waals surface area (Å²) < 4.78 is 7.46. The number of hydrogen-bond acceptors (Lipinski definition) is 5. The molecule has 1 aliphatic heterocycles. The molecule has 1 saturated heterocycles. The van der Waals surface area contributed by atoms with E-state index in [0.717, 1.165) is 51.3 Å². The van der Waals surface area contributed by atoms with E-state index in [2.05, 4.69) is 19.8 Å². The Labute approximate surface area is 177 Å². The van der Waals surface area contributed by atoms with Gasteiger partial charge in [0, 0.05) is 31.5 Å². The van der Waals surface area contributed by atoms with Crippen molar-refractivity contribution in [1.29, 1.82) is 0 Å². The van der Waals surface area contributed by atoms with Crippen LogP contribution in [0.2, 0.25) is 5.02 Å². The maximum Gasteiger partial charge on any atom is 0.255 e. The molecule has 0 bridgehead atoms. The van der Waals surface area contributed by atoms with Crippen LogP contribution in [0.5, 0.6) is 5.75 Å². The van der Waals surface area contributed by atoms with E-state index >= 15 is 0 Å². The second kappa shape index (κ2) is 9.98. The number of likely N-dealkylation sites (tertiary alicyclic amines) is 1. The number of imidazole rings is 1. The number of aromatic nitrogens is 2. The third-order valence-electron chi connectivity index (χ3n) is 5.62. The van der Waals surface area contributed by atoms with E-state index in [-0.39, 0.29) is 5.91 Å². The van der Waals surface area contributed by atoms with Crippen molar-refractivity contribution < 1.29 is 9.53 Å². The van der Waals surface area contributed by atoms with Gasteiger partial charge in [0.25, 0.3) is 5.91 Å². The number of rotatable bonds is 8. The van der Waals surface area contributed by atoms with Gasteiger partial charge in [-0.2, -0.15) is 0 Å². The number of benzene rings is 1. The van der Waals surface area contributed by atoms with Crippen LogP contribution in [0.4, 0.5) is 5.69 Å². The minimum atomic E-state index is -0.179. The van der Waals surface area contributed by atoms with Crippen molar-refractivity contribution in [3.05, 3.63) is 40.9 Å². The Kier molecular flexibility index (Phi) is 7.39. The van der Waals surface area contributed by atoms with Gasteiger partial charge in [-0.15, -0.1) is 0 Å². The molecule has 1 fully saturated rings. The quantitative estimate of drug-likeness (QED) is 0.642. The summed E-state index contributed by atoms with van der Waals surface area (Å²) in [5.41, 5.74) is 6.60. The summed E-state index contributed by atoms with van der Waals surface area (Å²) in [5.74, 6) is 1.81. The molecule has 0 atom stereocenters. The Morgan fingerprint density at radius 3 is 2.76 bits per heavy atom. The maximum absolute atomic E-state index is 12.6. The normalized spacial score (nSPS) is 15.4. The minimum Gasteiger partial charge on any atom is -0.496 e. The fraction of sp³-hybridized carbons (Fsp3) is 0.524. The van der Waals surface area contributed by atoms with Crippen LogP contribution in [-0.4, -0.2) is 53.6 Å². The lowest BCUT2D eigenvalue weighted by atomic mass is 9.96. The Hall–Kier alpha value is -2.25. The Morgan fingerprint density at radius 1 is 1.34 bits per heavy atom. The first-order valence-corrected chi connectivity index (χ1v) is 10.5. The fourth-order valence-corrected chi connectivity index (χ4v) is 3.93. The van der Waals surface area contributed by atoms with Crippen molar-refractivity contribution in [1.82, 2.24) is 19.8 Å². The first-order valence-electron chi connectivity index (χ1n) is 10.1. The highest BCUT2D eigenvalue weighted by Crippen LogP contribution is 2.29. The zero-order chi connectivity index (χ0) is 20.8. The number of ether oxygens (including phenoxy) is 1. The molecule has 2 heterocycles. The third-order valence-corrected chi connectivity index (χ3v) is 5.95. The number of carbonyl (C=O) groups is 1. The van der Waals surface area contributed by atoms with Gasteiger partial charge < -0.3 is 25.3 Å². The summed E-state index contributed by atoms with van der Waals surface area (Å²) in [4.78, 5) is 19.3. The van der Waals surface area contributed by atoms with Crippen LogP contribution in [0.25, 0.3) is 0 Å². The van der Waals surface area contributed by atoms with E-state index in [1.807, 2.05) is 19.3 Å². The Bertz CT molecular complexity index is 830. The van der Waals surface area contributed by atoms with Gasteiger partial charge in [-0.3, -0.25) is 4.79 Å². The summed E-state index contributed by atoms with van der Waals surface area (Å²) in [5, 5.41) is 3.38. The molecule has 3 N–H and O–H groups in total. The highest BCUT2D eigenvalue weighted by atomic mass is 35.5. The van der Waals surface area contributed by atoms with E-state index in [9.17, 15) is 4.79 Å². The summed E-state index contributed by atoms with van der Waals surface area (Å²) in [6.45, 7) is 6.94. The van der Waals surface area contributed by atoms with Crippen LogP contribution in [0.15, 0.2) is 24.5 Å². The van der Waals surface area contributed by atoms with E-state index in [4.69, 9.17) is 22.1 Å². The smallest absolute Gasteiger partial charge is 0.255 e. The van der Waals surface area contributed by atoms with Crippen LogP contribution in [0.3, 0.4) is 0 Å². The molecule has 8 heteroatoms. The van der Waals surface area contributed by atoms with E-state index in [0.29, 0.717) is 34.5 Å². The molecule has 2 aromatic rings. The van der Waals surface area contributed by atoms with E-state index < -0.39 is 0 Å². The third kappa shape index (κ3) is 5.64. The number of aryl methyl sites for hydroxylation is 2. The molecule has 7 nitrogen and oxygen atoms in total. The number of hydrogen-bond donors (Lipinski definition) is 2. The summed E-state index contributed by atoms with van der Waals surface area (Å²) in [6, 6.07) is 3.15. The van der Waals surface area contributed by atoms with Gasteiger partial charge in [0.1, 0.15) is 11.6 Å². The molecular formula is C21H30ClN5O2. The first-order chi connectivity index (χ1) is 14.0. The average molecular weight is 420 g/mol. The van der Waals surface area contributed by atoms with Gasteiger partial charge in [0.15, 0.2) is 0 Å². The molecule has 0 unspecified atom stereocenters. The SMILES string of the molecule is COc1cc(N)c(Cl)cc1C(=O)NCC1CCN(CCCn2ccnc2C)CC1. The van der Waals surface area contributed by atoms with E-state index in [1.54, 1.807) is 12.1 Å². The zero-order valence-electron chi connectivity index (χ0n) is 17.2. The van der Waals surface area contributed by atoms with Crippen LogP contribution in [0.1, 0.15) is 35.4 Å². The summed E-state index contributed by atoms with van der Waals surface area (Å²) in [6.07, 6.45) is 7.18.